The largest absolute Gasteiger partial charge is 0.488 e. The van der Waals surface area contributed by atoms with E-state index in [4.69, 9.17) is 6.11 Å². The maximum atomic E-state index is 7.24. The Balaban J connectivity index is 2.43. The predicted octanol–water partition coefficient (Wildman–Crippen LogP) is 3.44. The van der Waals surface area contributed by atoms with Crippen molar-refractivity contribution >= 4 is 29.6 Å². The summed E-state index contributed by atoms with van der Waals surface area (Å²) in [5, 5.41) is 1.18. The fourth-order valence-electron chi connectivity index (χ4n) is 1.82. The lowest BCUT2D eigenvalue weighted by Crippen LogP contribution is -1.84. The summed E-state index contributed by atoms with van der Waals surface area (Å²) < 4.78 is 14.5. The van der Waals surface area contributed by atoms with Crippen LogP contribution in [0.2, 0.25) is 0 Å². The molecule has 2 aromatic rings. The molecule has 16 heavy (non-hydrogen) atoms. The molecule has 0 amide bonds. The second-order valence-corrected chi connectivity index (χ2v) is 3.90. The van der Waals surface area contributed by atoms with Gasteiger partial charge in [-0.25, -0.2) is 0 Å². The van der Waals surface area contributed by atoms with Crippen molar-refractivity contribution in [3.8, 4) is 0 Å². The Morgan fingerprint density at radius 1 is 1.56 bits per heavy atom. The second-order valence-electron chi connectivity index (χ2n) is 3.69. The average molecular weight is 235 g/mol. The van der Waals surface area contributed by atoms with Crippen LogP contribution in [0.3, 0.4) is 0 Å². The highest BCUT2D eigenvalue weighted by Gasteiger charge is 2.03. The van der Waals surface area contributed by atoms with Gasteiger partial charge in [0.2, 0.25) is 0 Å². The third-order valence-corrected chi connectivity index (χ3v) is 2.63. The Bertz CT molecular complexity index is 560. The molecule has 0 aliphatic rings. The molecule has 2 nitrogen and oxygen atoms in total. The Hall–Kier alpha value is -1.35. The topological polar surface area (TPSA) is 14.2 Å². The summed E-state index contributed by atoms with van der Waals surface area (Å²) in [5.74, 6) is -0.141. The van der Waals surface area contributed by atoms with Crippen LogP contribution < -0.4 is 0 Å². The van der Waals surface area contributed by atoms with Crippen molar-refractivity contribution in [2.24, 2.45) is 7.05 Å². The zero-order valence-electron chi connectivity index (χ0n) is 10.3. The van der Waals surface area contributed by atoms with Gasteiger partial charge in [0.1, 0.15) is 5.91 Å². The van der Waals surface area contributed by atoms with Crippen molar-refractivity contribution in [2.45, 2.75) is 6.92 Å². The lowest BCUT2D eigenvalue weighted by molar-refractivity contribution is 0.280. The SMILES string of the molecule is [3H]C(S)O/C(C)=C\c1cn(C)c2ccccc12. The molecule has 0 bridgehead atoms. The molecule has 1 heterocycles. The first-order valence-corrected chi connectivity index (χ1v) is 5.59. The van der Waals surface area contributed by atoms with E-state index >= 15 is 0 Å². The number of para-hydroxylation sites is 1. The van der Waals surface area contributed by atoms with Crippen LogP contribution in [0.5, 0.6) is 0 Å². The first-order chi connectivity index (χ1) is 8.08. The molecule has 3 heteroatoms. The van der Waals surface area contributed by atoms with Gasteiger partial charge < -0.3 is 9.30 Å². The molecule has 0 radical (unpaired) electrons. The molecular weight excluding hydrogens is 218 g/mol. The molecule has 0 saturated heterocycles. The van der Waals surface area contributed by atoms with Crippen molar-refractivity contribution in [1.29, 1.82) is 0 Å². The van der Waals surface area contributed by atoms with Crippen molar-refractivity contribution in [3.05, 3.63) is 41.8 Å². The van der Waals surface area contributed by atoms with Crippen molar-refractivity contribution in [2.75, 3.05) is 5.91 Å². The monoisotopic (exact) mass is 235 g/mol. The highest BCUT2D eigenvalue weighted by atomic mass is 32.1. The first kappa shape index (κ1) is 9.85. The number of nitrogens with zero attached hydrogens (tertiary/aromatic N) is 1. The minimum Gasteiger partial charge on any atom is -0.488 e. The van der Waals surface area contributed by atoms with Crippen LogP contribution in [-0.2, 0) is 11.8 Å². The van der Waals surface area contributed by atoms with Crippen LogP contribution in [0, 0.1) is 0 Å². The molecule has 1 aromatic heterocycles. The van der Waals surface area contributed by atoms with E-state index in [9.17, 15) is 0 Å². The highest BCUT2D eigenvalue weighted by Crippen LogP contribution is 2.22. The standard InChI is InChI=1S/C13H15NOS/c1-10(15-9-16)7-11-8-14(2)13-6-4-3-5-12(11)13/h3-8,16H,9H2,1-2H3/b10-7-/i9T. The normalized spacial score (nSPS) is 14.9. The molecular formula is C13H15NOS. The van der Waals surface area contributed by atoms with Gasteiger partial charge in [-0.2, -0.15) is 0 Å². The van der Waals surface area contributed by atoms with E-state index in [1.165, 1.54) is 10.9 Å². The van der Waals surface area contributed by atoms with Crippen molar-refractivity contribution in [1.82, 2.24) is 4.57 Å². The van der Waals surface area contributed by atoms with Crippen molar-refractivity contribution < 1.29 is 6.11 Å². The summed E-state index contributed by atoms with van der Waals surface area (Å²) in [4.78, 5) is 0. The smallest absolute Gasteiger partial charge is 0.130 e. The molecule has 1 aromatic carbocycles. The summed E-state index contributed by atoms with van der Waals surface area (Å²) in [7, 11) is 2.02. The van der Waals surface area contributed by atoms with Gasteiger partial charge in [-0.3, -0.25) is 0 Å². The maximum Gasteiger partial charge on any atom is 0.130 e. The number of benzene rings is 1. The zero-order valence-corrected chi connectivity index (χ0v) is 10.2. The predicted molar refractivity (Wildman–Crippen MR) is 71.5 cm³/mol. The van der Waals surface area contributed by atoms with E-state index in [0.717, 1.165) is 5.56 Å². The van der Waals surface area contributed by atoms with E-state index in [0.29, 0.717) is 5.76 Å². The quantitative estimate of drug-likeness (QED) is 0.489. The molecule has 1 unspecified atom stereocenters. The third kappa shape index (κ3) is 2.09. The maximum absolute atomic E-state index is 7.24. The first-order valence-electron chi connectivity index (χ1n) is 5.65. The number of aromatic nitrogens is 1. The fourth-order valence-corrected chi connectivity index (χ4v) is 1.99. The number of thiol groups is 1. The summed E-state index contributed by atoms with van der Waals surface area (Å²) in [6.45, 7) is 1.83. The molecule has 0 aliphatic heterocycles. The summed E-state index contributed by atoms with van der Waals surface area (Å²) in [6, 6.07) is 8.19. The Morgan fingerprint density at radius 3 is 3.06 bits per heavy atom. The number of hydrogen-bond donors (Lipinski definition) is 1. The third-order valence-electron chi connectivity index (χ3n) is 2.53. The summed E-state index contributed by atoms with van der Waals surface area (Å²) in [5.41, 5.74) is 2.27. The lowest BCUT2D eigenvalue weighted by Gasteiger charge is -2.00. The van der Waals surface area contributed by atoms with Crippen LogP contribution in [0.25, 0.3) is 17.0 Å². The van der Waals surface area contributed by atoms with Gasteiger partial charge in [0.15, 0.2) is 0 Å². The molecule has 0 fully saturated rings. The Morgan fingerprint density at radius 2 is 2.31 bits per heavy atom. The van der Waals surface area contributed by atoms with Crippen molar-refractivity contribution in [3.63, 3.8) is 0 Å². The van der Waals surface area contributed by atoms with Gasteiger partial charge in [-0.05, 0) is 19.1 Å². The van der Waals surface area contributed by atoms with E-state index < -0.39 is 5.91 Å². The molecule has 0 aliphatic carbocycles. The minimum absolute atomic E-state index is 0.691. The highest BCUT2D eigenvalue weighted by molar-refractivity contribution is 7.80. The summed E-state index contributed by atoms with van der Waals surface area (Å²) in [6.07, 6.45) is 3.98. The number of allylic oxidation sites excluding steroid dienone is 1. The fraction of sp³-hybridized carbons (Fsp3) is 0.231. The van der Waals surface area contributed by atoms with Crippen LogP contribution in [0.1, 0.15) is 13.9 Å². The summed E-state index contributed by atoms with van der Waals surface area (Å²) >= 11 is 3.88. The molecule has 1 atom stereocenters. The van der Waals surface area contributed by atoms with Gasteiger partial charge in [-0.1, -0.05) is 18.2 Å². The molecule has 0 spiro atoms. The van der Waals surface area contributed by atoms with Crippen LogP contribution in [0.15, 0.2) is 36.2 Å². The molecule has 2 rings (SSSR count). The van der Waals surface area contributed by atoms with E-state index in [1.54, 1.807) is 0 Å². The van der Waals surface area contributed by atoms with Crippen LogP contribution in [0.4, 0.5) is 0 Å². The average Bonchev–Trinajstić information content (AvgIpc) is 2.55. The molecule has 84 valence electrons. The second kappa shape index (κ2) is 4.66. The molecule has 0 N–H and O–H groups in total. The van der Waals surface area contributed by atoms with Crippen LogP contribution in [-0.4, -0.2) is 10.5 Å². The molecule has 0 saturated carbocycles. The number of ether oxygens (including phenoxy) is 1. The van der Waals surface area contributed by atoms with Crippen LogP contribution >= 0.6 is 12.6 Å². The number of fused-ring (bicyclic) bond motifs is 1. The van der Waals surface area contributed by atoms with Gasteiger partial charge in [-0.15, -0.1) is 12.6 Å². The van der Waals surface area contributed by atoms with E-state index in [-0.39, 0.29) is 0 Å². The number of hydrogen-bond acceptors (Lipinski definition) is 2. The Kier molecular flexibility index (Phi) is 2.87. The van der Waals surface area contributed by atoms with Gasteiger partial charge in [0, 0.05) is 29.7 Å². The van der Waals surface area contributed by atoms with Gasteiger partial charge >= 0.3 is 0 Å². The van der Waals surface area contributed by atoms with E-state index in [1.807, 2.05) is 32.2 Å². The van der Waals surface area contributed by atoms with Gasteiger partial charge in [0.05, 0.1) is 7.13 Å². The zero-order chi connectivity index (χ0) is 12.4. The number of aryl methyl sites for hydroxylation is 1. The minimum atomic E-state index is -0.832. The van der Waals surface area contributed by atoms with E-state index in [2.05, 4.69) is 35.5 Å². The Labute approximate surface area is 102 Å². The number of rotatable bonds is 3. The lowest BCUT2D eigenvalue weighted by atomic mass is 10.1. The van der Waals surface area contributed by atoms with Gasteiger partial charge in [0.25, 0.3) is 0 Å².